The molecule has 0 saturated carbocycles. The van der Waals surface area contributed by atoms with Crippen LogP contribution in [-0.4, -0.2) is 27.2 Å². The molecule has 0 unspecified atom stereocenters. The summed E-state index contributed by atoms with van der Waals surface area (Å²) in [4.78, 5) is 13.2. The molecule has 0 spiro atoms. The number of carbonyl (C=O) groups excluding carboxylic acids is 1. The first-order valence-electron chi connectivity index (χ1n) is 9.09. The lowest BCUT2D eigenvalue weighted by molar-refractivity contribution is -0.111. The van der Waals surface area contributed by atoms with Crippen molar-refractivity contribution in [2.75, 3.05) is 26.6 Å². The van der Waals surface area contributed by atoms with Crippen molar-refractivity contribution < 1.29 is 19.0 Å². The Labute approximate surface area is 170 Å². The molecule has 29 heavy (non-hydrogen) atoms. The smallest absolute Gasteiger partial charge is 0.256 e. The van der Waals surface area contributed by atoms with Gasteiger partial charge in [-0.3, -0.25) is 4.79 Å². The second-order valence-corrected chi connectivity index (χ2v) is 6.22. The van der Waals surface area contributed by atoms with Gasteiger partial charge >= 0.3 is 0 Å². The van der Waals surface area contributed by atoms with Crippen LogP contribution in [0, 0.1) is 0 Å². The number of carbonyl (C=O) groups is 1. The van der Waals surface area contributed by atoms with Gasteiger partial charge in [0, 0.05) is 11.6 Å². The van der Waals surface area contributed by atoms with Crippen LogP contribution in [0.25, 0.3) is 11.6 Å². The van der Waals surface area contributed by atoms with Crippen molar-refractivity contribution in [3.8, 4) is 17.2 Å². The molecule has 0 heterocycles. The molecule has 5 nitrogen and oxygen atoms in total. The van der Waals surface area contributed by atoms with E-state index in [9.17, 15) is 4.79 Å². The van der Waals surface area contributed by atoms with Gasteiger partial charge in [-0.1, -0.05) is 42.5 Å². The number of methoxy groups -OCH3 is 3. The van der Waals surface area contributed by atoms with Crippen LogP contribution in [0.4, 0.5) is 5.69 Å². The first-order valence-corrected chi connectivity index (χ1v) is 9.09. The Morgan fingerprint density at radius 1 is 0.793 bits per heavy atom. The highest BCUT2D eigenvalue weighted by molar-refractivity contribution is 6.29. The molecule has 0 bridgehead atoms. The summed E-state index contributed by atoms with van der Waals surface area (Å²) < 4.78 is 15.8. The summed E-state index contributed by atoms with van der Waals surface area (Å²) in [6, 6.07) is 22.3. The van der Waals surface area contributed by atoms with E-state index >= 15 is 0 Å². The van der Waals surface area contributed by atoms with Crippen molar-refractivity contribution in [1.82, 2.24) is 0 Å². The molecule has 5 heteroatoms. The summed E-state index contributed by atoms with van der Waals surface area (Å²) in [7, 11) is 4.75. The van der Waals surface area contributed by atoms with Crippen molar-refractivity contribution in [1.29, 1.82) is 0 Å². The standard InChI is InChI=1S/C24H23NO4/c1-27-19-11-9-17(10-12-19)15-21(18-7-5-4-6-8-18)24(26)25-22-14-13-20(28-2)16-23(22)29-3/h4-16H,1-3H3,(H,25,26)/b21-15+. The highest BCUT2D eigenvalue weighted by atomic mass is 16.5. The molecule has 148 valence electrons. The zero-order chi connectivity index (χ0) is 20.6. The summed E-state index contributed by atoms with van der Waals surface area (Å²) >= 11 is 0. The van der Waals surface area contributed by atoms with Gasteiger partial charge in [0.15, 0.2) is 0 Å². The maximum Gasteiger partial charge on any atom is 0.256 e. The van der Waals surface area contributed by atoms with E-state index in [1.54, 1.807) is 39.5 Å². The summed E-state index contributed by atoms with van der Waals surface area (Å²) in [6.07, 6.45) is 1.85. The third kappa shape index (κ3) is 4.96. The minimum Gasteiger partial charge on any atom is -0.497 e. The number of nitrogens with one attached hydrogen (secondary N) is 1. The van der Waals surface area contributed by atoms with Crippen molar-refractivity contribution >= 4 is 23.2 Å². The fraction of sp³-hybridized carbons (Fsp3) is 0.125. The first-order chi connectivity index (χ1) is 14.1. The van der Waals surface area contributed by atoms with Gasteiger partial charge in [0.2, 0.25) is 0 Å². The van der Waals surface area contributed by atoms with Crippen LogP contribution >= 0.6 is 0 Å². The minimum atomic E-state index is -0.240. The maximum absolute atomic E-state index is 13.2. The fourth-order valence-corrected chi connectivity index (χ4v) is 2.86. The fourth-order valence-electron chi connectivity index (χ4n) is 2.86. The molecular formula is C24H23NO4. The Morgan fingerprint density at radius 2 is 1.45 bits per heavy atom. The summed E-state index contributed by atoms with van der Waals surface area (Å²) in [6.45, 7) is 0. The maximum atomic E-state index is 13.2. The molecular weight excluding hydrogens is 366 g/mol. The van der Waals surface area contributed by atoms with Crippen LogP contribution < -0.4 is 19.5 Å². The third-order valence-corrected chi connectivity index (χ3v) is 4.41. The van der Waals surface area contributed by atoms with Crippen LogP contribution in [-0.2, 0) is 4.79 Å². The molecule has 0 aromatic heterocycles. The van der Waals surface area contributed by atoms with Gasteiger partial charge in [0.1, 0.15) is 17.2 Å². The number of ether oxygens (including phenoxy) is 3. The Balaban J connectivity index is 1.96. The molecule has 0 fully saturated rings. The lowest BCUT2D eigenvalue weighted by Crippen LogP contribution is -2.14. The molecule has 0 saturated heterocycles. The highest BCUT2D eigenvalue weighted by Crippen LogP contribution is 2.30. The Hall–Kier alpha value is -3.73. The van der Waals surface area contributed by atoms with Gasteiger partial charge in [-0.15, -0.1) is 0 Å². The SMILES string of the molecule is COc1ccc(/C=C(/C(=O)Nc2ccc(OC)cc2OC)c2ccccc2)cc1. The van der Waals surface area contributed by atoms with E-state index in [1.807, 2.05) is 60.7 Å². The molecule has 3 aromatic rings. The van der Waals surface area contributed by atoms with Crippen LogP contribution in [0.3, 0.4) is 0 Å². The van der Waals surface area contributed by atoms with Crippen LogP contribution in [0.15, 0.2) is 72.8 Å². The average molecular weight is 389 g/mol. The van der Waals surface area contributed by atoms with Crippen LogP contribution in [0.2, 0.25) is 0 Å². The number of rotatable bonds is 7. The zero-order valence-corrected chi connectivity index (χ0v) is 16.6. The number of benzene rings is 3. The molecule has 3 aromatic carbocycles. The Kier molecular flexibility index (Phi) is 6.53. The highest BCUT2D eigenvalue weighted by Gasteiger charge is 2.15. The Morgan fingerprint density at radius 3 is 2.07 bits per heavy atom. The van der Waals surface area contributed by atoms with Gasteiger partial charge in [-0.2, -0.15) is 0 Å². The average Bonchev–Trinajstić information content (AvgIpc) is 2.78. The molecule has 3 rings (SSSR count). The number of anilines is 1. The zero-order valence-electron chi connectivity index (χ0n) is 16.6. The van der Waals surface area contributed by atoms with E-state index in [0.717, 1.165) is 16.9 Å². The van der Waals surface area contributed by atoms with Crippen molar-refractivity contribution in [3.05, 3.63) is 83.9 Å². The summed E-state index contributed by atoms with van der Waals surface area (Å²) in [5, 5.41) is 2.94. The molecule has 1 amide bonds. The molecule has 0 aliphatic rings. The first kappa shape index (κ1) is 20.0. The topological polar surface area (TPSA) is 56.8 Å². The molecule has 0 radical (unpaired) electrons. The van der Waals surface area contributed by atoms with Crippen LogP contribution in [0.5, 0.6) is 17.2 Å². The normalized spacial score (nSPS) is 10.9. The van der Waals surface area contributed by atoms with Gasteiger partial charge < -0.3 is 19.5 Å². The lowest BCUT2D eigenvalue weighted by atomic mass is 10.0. The van der Waals surface area contributed by atoms with Gasteiger partial charge in [0.05, 0.1) is 27.0 Å². The van der Waals surface area contributed by atoms with E-state index in [1.165, 1.54) is 0 Å². The predicted octanol–water partition coefficient (Wildman–Crippen LogP) is 4.89. The molecule has 0 atom stereocenters. The van der Waals surface area contributed by atoms with Gasteiger partial charge in [-0.25, -0.2) is 0 Å². The van der Waals surface area contributed by atoms with E-state index in [0.29, 0.717) is 22.8 Å². The van der Waals surface area contributed by atoms with E-state index in [-0.39, 0.29) is 5.91 Å². The lowest BCUT2D eigenvalue weighted by Gasteiger charge is -2.14. The largest absolute Gasteiger partial charge is 0.497 e. The van der Waals surface area contributed by atoms with Crippen molar-refractivity contribution in [2.24, 2.45) is 0 Å². The Bertz CT molecular complexity index is 995. The minimum absolute atomic E-state index is 0.240. The van der Waals surface area contributed by atoms with Gasteiger partial charge in [-0.05, 0) is 41.5 Å². The van der Waals surface area contributed by atoms with E-state index < -0.39 is 0 Å². The van der Waals surface area contributed by atoms with Crippen LogP contribution in [0.1, 0.15) is 11.1 Å². The second-order valence-electron chi connectivity index (χ2n) is 6.22. The second kappa shape index (κ2) is 9.46. The van der Waals surface area contributed by atoms with Crippen molar-refractivity contribution in [2.45, 2.75) is 0 Å². The molecule has 0 aliphatic carbocycles. The van der Waals surface area contributed by atoms with Gasteiger partial charge in [0.25, 0.3) is 5.91 Å². The quantitative estimate of drug-likeness (QED) is 0.462. The van der Waals surface area contributed by atoms with E-state index in [2.05, 4.69) is 5.32 Å². The van der Waals surface area contributed by atoms with E-state index in [4.69, 9.17) is 14.2 Å². The van der Waals surface area contributed by atoms with Crippen molar-refractivity contribution in [3.63, 3.8) is 0 Å². The summed E-state index contributed by atoms with van der Waals surface area (Å²) in [5.74, 6) is 1.69. The molecule has 1 N–H and O–H groups in total. The predicted molar refractivity (Wildman–Crippen MR) is 115 cm³/mol. The monoisotopic (exact) mass is 389 g/mol. The number of hydrogen-bond donors (Lipinski definition) is 1. The molecule has 0 aliphatic heterocycles. The number of hydrogen-bond acceptors (Lipinski definition) is 4. The number of amides is 1. The summed E-state index contributed by atoms with van der Waals surface area (Å²) in [5.41, 5.74) is 2.80. The third-order valence-electron chi connectivity index (χ3n) is 4.41.